The molecule has 0 saturated carbocycles. The van der Waals surface area contributed by atoms with Gasteiger partial charge in [0.15, 0.2) is 0 Å². The molecule has 1 unspecified atom stereocenters. The Balaban J connectivity index is 3.01. The Hall–Kier alpha value is -0.906. The molecule has 0 aliphatic heterocycles. The minimum absolute atomic E-state index is 0.506. The highest BCUT2D eigenvalue weighted by molar-refractivity contribution is 7.69. The maximum absolute atomic E-state index is 2.57. The summed E-state index contributed by atoms with van der Waals surface area (Å²) in [6.07, 6.45) is 0. The maximum atomic E-state index is 2.57. The molecule has 2 nitrogen and oxygen atoms in total. The first-order chi connectivity index (χ1) is 13.8. The highest BCUT2D eigenvalue weighted by Crippen LogP contribution is 2.51. The average Bonchev–Trinajstić information content (AvgIpc) is 2.58. The molecule has 2 aromatic rings. The zero-order valence-corrected chi connectivity index (χ0v) is 23.8. The lowest BCUT2D eigenvalue weighted by Crippen LogP contribution is -2.46. The van der Waals surface area contributed by atoms with Crippen LogP contribution in [-0.4, -0.2) is 54.1 Å². The molecule has 166 valence electrons. The van der Waals surface area contributed by atoms with Crippen LogP contribution >= 0.6 is 7.55 Å². The van der Waals surface area contributed by atoms with Gasteiger partial charge >= 0.3 is 0 Å². The van der Waals surface area contributed by atoms with E-state index in [1.54, 1.807) is 10.2 Å². The van der Waals surface area contributed by atoms with Gasteiger partial charge < -0.3 is 9.80 Å². The predicted octanol–water partition coefficient (Wildman–Crippen LogP) is 6.15. The number of nitrogens with zero attached hydrogens (tertiary/aromatic N) is 2. The van der Waals surface area contributed by atoms with Crippen molar-refractivity contribution in [3.8, 4) is 0 Å². The van der Waals surface area contributed by atoms with Crippen LogP contribution < -0.4 is 5.30 Å². The van der Waals surface area contributed by atoms with Gasteiger partial charge in [-0.05, 0) is 48.3 Å². The zero-order chi connectivity index (χ0) is 22.7. The second-order valence-corrected chi connectivity index (χ2v) is 24.3. The van der Waals surface area contributed by atoms with Gasteiger partial charge in [0.1, 0.15) is 5.30 Å². The topological polar surface area (TPSA) is 6.48 Å². The van der Waals surface area contributed by atoms with E-state index < -0.39 is 23.7 Å². The van der Waals surface area contributed by atoms with E-state index in [1.165, 1.54) is 11.1 Å². The quantitative estimate of drug-likeness (QED) is 0.266. The summed E-state index contributed by atoms with van der Waals surface area (Å²) in [6, 6.07) is 18.5. The molecule has 0 aliphatic carbocycles. The summed E-state index contributed by atoms with van der Waals surface area (Å²) in [6.45, 7) is 17.4. The maximum Gasteiger partial charge on any atom is 0.119 e. The molecule has 0 radical (unpaired) electrons. The smallest absolute Gasteiger partial charge is 0.119 e. The van der Waals surface area contributed by atoms with Crippen molar-refractivity contribution < 1.29 is 0 Å². The number of benzene rings is 2. The lowest BCUT2D eigenvalue weighted by Gasteiger charge is -2.47. The molecule has 0 aliphatic rings. The first-order valence-electron chi connectivity index (χ1n) is 11.0. The third kappa shape index (κ3) is 6.54. The Morgan fingerprint density at radius 2 is 1.27 bits per heavy atom. The van der Waals surface area contributed by atoms with Crippen LogP contribution in [0.15, 0.2) is 48.5 Å². The molecule has 2 aromatic carbocycles. The third-order valence-electron chi connectivity index (χ3n) is 5.08. The van der Waals surface area contributed by atoms with Gasteiger partial charge in [-0.1, -0.05) is 84.1 Å². The summed E-state index contributed by atoms with van der Waals surface area (Å²) < 4.78 is 0. The Morgan fingerprint density at radius 3 is 1.80 bits per heavy atom. The molecule has 0 bridgehead atoms. The number of hydrogen-bond acceptors (Lipinski definition) is 2. The fraction of sp³-hybridized carbons (Fsp3) is 0.480. The molecule has 0 aromatic heterocycles. The van der Waals surface area contributed by atoms with E-state index in [9.17, 15) is 0 Å². The van der Waals surface area contributed by atoms with Crippen LogP contribution in [0.25, 0.3) is 0 Å². The van der Waals surface area contributed by atoms with Gasteiger partial charge in [-0.2, -0.15) is 18.2 Å². The van der Waals surface area contributed by atoms with Gasteiger partial charge in [-0.15, -0.1) is 6.07 Å². The standard InChI is InChI=1S/C25H42N2PSi2/c1-26(2)19-21-15-11-13-17-23(21)28(25(29(5,6)7)30(8,9)10)24-18-14-12-16-22(24)20-27(3)4/h11-18H,19-20H2,1-10H3/q-1. The number of rotatable bonds is 8. The normalized spacial score (nSPS) is 14.0. The van der Waals surface area contributed by atoms with E-state index >= 15 is 0 Å². The van der Waals surface area contributed by atoms with Crippen LogP contribution in [0, 0.1) is 9.84 Å². The van der Waals surface area contributed by atoms with Crippen molar-refractivity contribution in [2.24, 2.45) is 0 Å². The van der Waals surface area contributed by atoms with E-state index in [2.05, 4.69) is 126 Å². The van der Waals surface area contributed by atoms with Crippen molar-refractivity contribution in [3.63, 3.8) is 0 Å². The molecule has 1 atom stereocenters. The van der Waals surface area contributed by atoms with Gasteiger partial charge in [-0.3, -0.25) is 0 Å². The van der Waals surface area contributed by atoms with Gasteiger partial charge in [0.2, 0.25) is 0 Å². The lowest BCUT2D eigenvalue weighted by atomic mass is 10.2. The van der Waals surface area contributed by atoms with Gasteiger partial charge in [0, 0.05) is 17.0 Å². The zero-order valence-electron chi connectivity index (χ0n) is 20.9. The van der Waals surface area contributed by atoms with Crippen molar-refractivity contribution in [1.82, 2.24) is 9.80 Å². The van der Waals surface area contributed by atoms with Crippen LogP contribution in [0.5, 0.6) is 0 Å². The van der Waals surface area contributed by atoms with Crippen molar-refractivity contribution in [1.29, 1.82) is 0 Å². The largest absolute Gasteiger partial charge is 0.316 e. The van der Waals surface area contributed by atoms with Crippen LogP contribution in [-0.2, 0) is 13.1 Å². The molecule has 0 saturated heterocycles. The predicted molar refractivity (Wildman–Crippen MR) is 143 cm³/mol. The van der Waals surface area contributed by atoms with E-state index in [-0.39, 0.29) is 0 Å². The fourth-order valence-corrected chi connectivity index (χ4v) is 22.5. The molecular weight excluding hydrogens is 415 g/mol. The lowest BCUT2D eigenvalue weighted by molar-refractivity contribution is 0.402. The first kappa shape index (κ1) is 25.4. The number of hydrogen-bond donors (Lipinski definition) is 0. The van der Waals surface area contributed by atoms with Gasteiger partial charge in [0.25, 0.3) is 0 Å². The molecule has 0 amide bonds. The molecule has 0 N–H and O–H groups in total. The van der Waals surface area contributed by atoms with E-state index in [0.717, 1.165) is 13.1 Å². The summed E-state index contributed by atoms with van der Waals surface area (Å²) >= 11 is 0. The van der Waals surface area contributed by atoms with Gasteiger partial charge in [0.05, 0.1) is 0 Å². The first-order valence-corrected chi connectivity index (χ1v) is 19.3. The summed E-state index contributed by atoms with van der Waals surface area (Å²) in [5.41, 5.74) is 2.98. The monoisotopic (exact) mass is 457 g/mol. The summed E-state index contributed by atoms with van der Waals surface area (Å²) in [7, 11) is 5.23. The summed E-state index contributed by atoms with van der Waals surface area (Å²) in [5, 5.41) is 1.58. The molecule has 0 heterocycles. The molecule has 5 heteroatoms. The SMILES string of the molecule is CN(C)Cc1ccccc1/[P+](=c1/[cH-]cccc1CN(C)C)[C-]([Si](C)(C)C)[Si](C)(C)C. The average molecular weight is 458 g/mol. The van der Waals surface area contributed by atoms with Crippen LogP contribution in [0.2, 0.25) is 39.3 Å². The molecule has 30 heavy (non-hydrogen) atoms. The Morgan fingerprint density at radius 1 is 0.767 bits per heavy atom. The minimum atomic E-state index is -1.50. The van der Waals surface area contributed by atoms with Crippen molar-refractivity contribution >= 4 is 29.0 Å². The van der Waals surface area contributed by atoms with Crippen LogP contribution in [0.1, 0.15) is 11.1 Å². The minimum Gasteiger partial charge on any atom is -0.316 e. The van der Waals surface area contributed by atoms with Gasteiger partial charge in [-0.25, -0.2) is 0 Å². The van der Waals surface area contributed by atoms with Crippen molar-refractivity contribution in [2.45, 2.75) is 52.4 Å². The van der Waals surface area contributed by atoms with E-state index in [1.807, 2.05) is 4.91 Å². The van der Waals surface area contributed by atoms with Crippen LogP contribution in [0.3, 0.4) is 0 Å². The Labute approximate surface area is 188 Å². The molecule has 2 rings (SSSR count). The summed E-state index contributed by atoms with van der Waals surface area (Å²) in [4.78, 5) is 8.12. The second-order valence-electron chi connectivity index (χ2n) is 10.9. The van der Waals surface area contributed by atoms with Crippen molar-refractivity contribution in [3.05, 3.63) is 69.5 Å². The Kier molecular flexibility index (Phi) is 8.57. The second kappa shape index (κ2) is 10.1. The molecular formula is C25H42N2PSi2-. The van der Waals surface area contributed by atoms with E-state index in [4.69, 9.17) is 0 Å². The fourth-order valence-electron chi connectivity index (χ4n) is 4.57. The Bertz CT molecular complexity index is 888. The molecule has 0 spiro atoms. The van der Waals surface area contributed by atoms with Crippen LogP contribution in [0.4, 0.5) is 0 Å². The highest BCUT2D eigenvalue weighted by Gasteiger charge is 2.36. The van der Waals surface area contributed by atoms with E-state index in [0.29, 0.717) is 0 Å². The van der Waals surface area contributed by atoms with Crippen molar-refractivity contribution in [2.75, 3.05) is 28.2 Å². The molecule has 0 fully saturated rings. The highest BCUT2D eigenvalue weighted by atomic mass is 31.1. The third-order valence-corrected chi connectivity index (χ3v) is 20.1. The summed E-state index contributed by atoms with van der Waals surface area (Å²) in [5.74, 6) is 0.